The summed E-state index contributed by atoms with van der Waals surface area (Å²) in [6.45, 7) is 0.253. The number of anilines is 1. The van der Waals surface area contributed by atoms with Gasteiger partial charge in [-0.3, -0.25) is 4.98 Å². The molecule has 18 heavy (non-hydrogen) atoms. The zero-order valence-corrected chi connectivity index (χ0v) is 11.4. The summed E-state index contributed by atoms with van der Waals surface area (Å²) in [4.78, 5) is 4.12. The Morgan fingerprint density at radius 2 is 1.78 bits per heavy atom. The highest BCUT2D eigenvalue weighted by Crippen LogP contribution is 2.34. The SMILES string of the molecule is Nc1ccnc(COc2cc(Cl)c(Cl)cc2Cl)c1. The highest BCUT2D eigenvalue weighted by atomic mass is 35.5. The Hall–Kier alpha value is -1.16. The molecular weight excluding hydrogens is 295 g/mol. The van der Waals surface area contributed by atoms with Gasteiger partial charge in [-0.2, -0.15) is 0 Å². The predicted octanol–water partition coefficient (Wildman–Crippen LogP) is 4.20. The van der Waals surface area contributed by atoms with Crippen LogP contribution in [0.2, 0.25) is 15.1 Å². The Morgan fingerprint density at radius 3 is 2.50 bits per heavy atom. The van der Waals surface area contributed by atoms with Crippen LogP contribution in [0.1, 0.15) is 5.69 Å². The summed E-state index contributed by atoms with van der Waals surface area (Å²) in [6.07, 6.45) is 1.62. The Labute approximate surface area is 119 Å². The van der Waals surface area contributed by atoms with Crippen molar-refractivity contribution in [3.05, 3.63) is 51.2 Å². The topological polar surface area (TPSA) is 48.1 Å². The van der Waals surface area contributed by atoms with Gasteiger partial charge >= 0.3 is 0 Å². The first kappa shape index (κ1) is 13.3. The van der Waals surface area contributed by atoms with Crippen LogP contribution in [0.3, 0.4) is 0 Å². The third kappa shape index (κ3) is 3.19. The van der Waals surface area contributed by atoms with Crippen molar-refractivity contribution >= 4 is 40.5 Å². The lowest BCUT2D eigenvalue weighted by atomic mass is 10.3. The molecule has 0 fully saturated rings. The number of pyridine rings is 1. The van der Waals surface area contributed by atoms with Gasteiger partial charge in [0.2, 0.25) is 0 Å². The van der Waals surface area contributed by atoms with Crippen LogP contribution in [0.25, 0.3) is 0 Å². The summed E-state index contributed by atoms with van der Waals surface area (Å²) in [5.74, 6) is 0.454. The summed E-state index contributed by atoms with van der Waals surface area (Å²) in [7, 11) is 0. The Morgan fingerprint density at radius 1 is 1.06 bits per heavy atom. The number of halogens is 3. The standard InChI is InChI=1S/C12H9Cl3N2O/c13-9-4-11(15)12(5-10(9)14)18-6-8-3-7(16)1-2-17-8/h1-5H,6H2,(H2,16,17). The molecule has 0 atom stereocenters. The highest BCUT2D eigenvalue weighted by molar-refractivity contribution is 6.43. The summed E-state index contributed by atoms with van der Waals surface area (Å²) >= 11 is 17.7. The van der Waals surface area contributed by atoms with Crippen LogP contribution in [0.4, 0.5) is 5.69 Å². The minimum Gasteiger partial charge on any atom is -0.486 e. The fourth-order valence-electron chi connectivity index (χ4n) is 1.34. The number of hydrogen-bond acceptors (Lipinski definition) is 3. The Bertz CT molecular complexity index is 575. The summed E-state index contributed by atoms with van der Waals surface area (Å²) in [6, 6.07) is 6.53. The second-order valence-electron chi connectivity index (χ2n) is 3.57. The van der Waals surface area contributed by atoms with E-state index >= 15 is 0 Å². The average molecular weight is 304 g/mol. The van der Waals surface area contributed by atoms with Crippen molar-refractivity contribution in [2.24, 2.45) is 0 Å². The lowest BCUT2D eigenvalue weighted by molar-refractivity contribution is 0.301. The van der Waals surface area contributed by atoms with E-state index in [4.69, 9.17) is 45.3 Å². The maximum atomic E-state index is 5.99. The zero-order valence-electron chi connectivity index (χ0n) is 9.16. The van der Waals surface area contributed by atoms with Crippen molar-refractivity contribution < 1.29 is 4.74 Å². The predicted molar refractivity (Wildman–Crippen MR) is 74.5 cm³/mol. The summed E-state index contributed by atoms with van der Waals surface area (Å²) in [5.41, 5.74) is 6.98. The first-order valence-corrected chi connectivity index (χ1v) is 6.17. The number of nitrogens with two attached hydrogens (primary N) is 1. The first-order chi connectivity index (χ1) is 8.56. The van der Waals surface area contributed by atoms with E-state index in [1.54, 1.807) is 24.4 Å². The van der Waals surface area contributed by atoms with E-state index in [0.29, 0.717) is 32.2 Å². The van der Waals surface area contributed by atoms with Gasteiger partial charge in [0, 0.05) is 18.0 Å². The van der Waals surface area contributed by atoms with Crippen molar-refractivity contribution in [2.45, 2.75) is 6.61 Å². The van der Waals surface area contributed by atoms with Crippen molar-refractivity contribution in [3.63, 3.8) is 0 Å². The molecule has 2 N–H and O–H groups in total. The minimum atomic E-state index is 0.253. The molecule has 0 saturated heterocycles. The van der Waals surface area contributed by atoms with Gasteiger partial charge in [0.25, 0.3) is 0 Å². The van der Waals surface area contributed by atoms with E-state index in [-0.39, 0.29) is 6.61 Å². The van der Waals surface area contributed by atoms with Crippen LogP contribution in [0, 0.1) is 0 Å². The normalized spacial score (nSPS) is 10.4. The number of nitrogen functional groups attached to an aromatic ring is 1. The van der Waals surface area contributed by atoms with Gasteiger partial charge in [-0.25, -0.2) is 0 Å². The molecule has 6 heteroatoms. The number of benzene rings is 1. The van der Waals surface area contributed by atoms with E-state index in [0.717, 1.165) is 0 Å². The number of nitrogens with zero attached hydrogens (tertiary/aromatic N) is 1. The van der Waals surface area contributed by atoms with Crippen molar-refractivity contribution in [1.29, 1.82) is 0 Å². The van der Waals surface area contributed by atoms with Crippen LogP contribution in [-0.2, 0) is 6.61 Å². The third-order valence-electron chi connectivity index (χ3n) is 2.19. The molecule has 0 aliphatic rings. The molecule has 94 valence electrons. The molecule has 2 rings (SSSR count). The smallest absolute Gasteiger partial charge is 0.140 e. The molecule has 0 unspecified atom stereocenters. The molecular formula is C12H9Cl3N2O. The van der Waals surface area contributed by atoms with E-state index in [9.17, 15) is 0 Å². The molecule has 0 saturated carbocycles. The Kier molecular flexibility index (Phi) is 4.17. The van der Waals surface area contributed by atoms with Crippen LogP contribution < -0.4 is 10.5 Å². The van der Waals surface area contributed by atoms with E-state index < -0.39 is 0 Å². The minimum absolute atomic E-state index is 0.253. The number of aromatic nitrogens is 1. The molecule has 1 aromatic carbocycles. The maximum Gasteiger partial charge on any atom is 0.140 e. The van der Waals surface area contributed by atoms with Gasteiger partial charge in [-0.05, 0) is 18.2 Å². The van der Waals surface area contributed by atoms with Crippen LogP contribution in [-0.4, -0.2) is 4.98 Å². The largest absolute Gasteiger partial charge is 0.486 e. The summed E-state index contributed by atoms with van der Waals surface area (Å²) < 4.78 is 5.52. The first-order valence-electron chi connectivity index (χ1n) is 5.04. The average Bonchev–Trinajstić information content (AvgIpc) is 2.32. The second-order valence-corrected chi connectivity index (χ2v) is 4.79. The molecule has 1 aromatic heterocycles. The number of hydrogen-bond donors (Lipinski definition) is 1. The van der Waals surface area contributed by atoms with Gasteiger partial charge in [0.1, 0.15) is 12.4 Å². The van der Waals surface area contributed by atoms with Gasteiger partial charge in [0.05, 0.1) is 20.8 Å². The van der Waals surface area contributed by atoms with Crippen molar-refractivity contribution in [3.8, 4) is 5.75 Å². The molecule has 0 amide bonds. The van der Waals surface area contributed by atoms with E-state index in [1.807, 2.05) is 0 Å². The van der Waals surface area contributed by atoms with Gasteiger partial charge < -0.3 is 10.5 Å². The van der Waals surface area contributed by atoms with Crippen molar-refractivity contribution in [1.82, 2.24) is 4.98 Å². The van der Waals surface area contributed by atoms with E-state index in [2.05, 4.69) is 4.98 Å². The molecule has 0 bridgehead atoms. The summed E-state index contributed by atoms with van der Waals surface area (Å²) in [5, 5.41) is 1.17. The lowest BCUT2D eigenvalue weighted by Crippen LogP contribution is -1.99. The molecule has 0 aliphatic heterocycles. The molecule has 1 heterocycles. The second kappa shape index (κ2) is 5.65. The van der Waals surface area contributed by atoms with E-state index in [1.165, 1.54) is 6.07 Å². The zero-order chi connectivity index (χ0) is 13.1. The Balaban J connectivity index is 2.13. The lowest BCUT2D eigenvalue weighted by Gasteiger charge is -2.09. The maximum absolute atomic E-state index is 5.99. The van der Waals surface area contributed by atoms with Gasteiger partial charge in [-0.1, -0.05) is 34.8 Å². The monoisotopic (exact) mass is 302 g/mol. The third-order valence-corrected chi connectivity index (χ3v) is 3.21. The molecule has 0 radical (unpaired) electrons. The van der Waals surface area contributed by atoms with Gasteiger partial charge in [-0.15, -0.1) is 0 Å². The van der Waals surface area contributed by atoms with Crippen LogP contribution in [0.5, 0.6) is 5.75 Å². The van der Waals surface area contributed by atoms with Crippen LogP contribution in [0.15, 0.2) is 30.5 Å². The molecule has 0 aliphatic carbocycles. The van der Waals surface area contributed by atoms with Gasteiger partial charge in [0.15, 0.2) is 0 Å². The molecule has 0 spiro atoms. The van der Waals surface area contributed by atoms with Crippen molar-refractivity contribution in [2.75, 3.05) is 5.73 Å². The fourth-order valence-corrected chi connectivity index (χ4v) is 1.93. The quantitative estimate of drug-likeness (QED) is 0.864. The van der Waals surface area contributed by atoms with Crippen LogP contribution >= 0.6 is 34.8 Å². The molecule has 3 nitrogen and oxygen atoms in total. The highest BCUT2D eigenvalue weighted by Gasteiger charge is 2.07. The fraction of sp³-hybridized carbons (Fsp3) is 0.0833. The number of rotatable bonds is 3. The number of ether oxygens (including phenoxy) is 1. The molecule has 2 aromatic rings.